The van der Waals surface area contributed by atoms with Gasteiger partial charge in [0.15, 0.2) is 0 Å². The Balaban J connectivity index is 0.00000196. The molecule has 0 spiro atoms. The number of nitrogens with two attached hydrogens (primary N) is 1. The quantitative estimate of drug-likeness (QED) is 0.840. The largest absolute Gasteiger partial charge is 0.345 e. The lowest BCUT2D eigenvalue weighted by molar-refractivity contribution is 0.0827. The maximum atomic E-state index is 11.5. The Kier molecular flexibility index (Phi) is 5.33. The molecule has 0 aliphatic carbocycles. The van der Waals surface area contributed by atoms with Crippen molar-refractivity contribution >= 4 is 18.3 Å². The SMILES string of the molecule is CC(N)c1ccc(C(=O)N(C)C)cc1.Cl. The molecule has 0 saturated heterocycles. The molecule has 0 fully saturated rings. The van der Waals surface area contributed by atoms with Crippen molar-refractivity contribution < 1.29 is 4.79 Å². The summed E-state index contributed by atoms with van der Waals surface area (Å²) in [5, 5.41) is 0. The zero-order valence-electron chi connectivity index (χ0n) is 9.23. The van der Waals surface area contributed by atoms with E-state index in [1.54, 1.807) is 31.1 Å². The Labute approximate surface area is 96.7 Å². The van der Waals surface area contributed by atoms with E-state index < -0.39 is 0 Å². The highest BCUT2D eigenvalue weighted by Gasteiger charge is 2.07. The number of carbonyl (C=O) groups excluding carboxylic acids is 1. The molecule has 1 rings (SSSR count). The van der Waals surface area contributed by atoms with Crippen LogP contribution in [0.3, 0.4) is 0 Å². The van der Waals surface area contributed by atoms with E-state index in [2.05, 4.69) is 0 Å². The van der Waals surface area contributed by atoms with E-state index in [1.165, 1.54) is 0 Å². The van der Waals surface area contributed by atoms with Gasteiger partial charge in [-0.3, -0.25) is 4.79 Å². The minimum absolute atomic E-state index is 0. The predicted octanol–water partition coefficient (Wildman–Crippen LogP) is 1.83. The van der Waals surface area contributed by atoms with E-state index in [9.17, 15) is 4.79 Å². The van der Waals surface area contributed by atoms with Gasteiger partial charge in [-0.15, -0.1) is 12.4 Å². The number of carbonyl (C=O) groups is 1. The maximum absolute atomic E-state index is 11.5. The van der Waals surface area contributed by atoms with Crippen LogP contribution in [-0.4, -0.2) is 24.9 Å². The van der Waals surface area contributed by atoms with Crippen molar-refractivity contribution in [3.05, 3.63) is 35.4 Å². The fourth-order valence-electron chi connectivity index (χ4n) is 1.19. The summed E-state index contributed by atoms with van der Waals surface area (Å²) in [5.41, 5.74) is 7.44. The molecule has 1 aromatic carbocycles. The third-order valence-corrected chi connectivity index (χ3v) is 2.09. The Morgan fingerprint density at radius 1 is 1.27 bits per heavy atom. The van der Waals surface area contributed by atoms with Gasteiger partial charge in [-0.25, -0.2) is 0 Å². The average molecular weight is 229 g/mol. The average Bonchev–Trinajstić information content (AvgIpc) is 2.16. The second-order valence-electron chi connectivity index (χ2n) is 3.61. The van der Waals surface area contributed by atoms with E-state index in [0.29, 0.717) is 5.56 Å². The number of amides is 1. The molecule has 0 heterocycles. The van der Waals surface area contributed by atoms with Crippen molar-refractivity contribution in [1.29, 1.82) is 0 Å². The monoisotopic (exact) mass is 228 g/mol. The van der Waals surface area contributed by atoms with Crippen molar-refractivity contribution in [3.8, 4) is 0 Å². The third-order valence-electron chi connectivity index (χ3n) is 2.09. The molecule has 1 aromatic rings. The van der Waals surface area contributed by atoms with Crippen LogP contribution in [0.5, 0.6) is 0 Å². The van der Waals surface area contributed by atoms with Crippen molar-refractivity contribution in [3.63, 3.8) is 0 Å². The molecule has 1 unspecified atom stereocenters. The van der Waals surface area contributed by atoms with Crippen molar-refractivity contribution in [2.75, 3.05) is 14.1 Å². The van der Waals surface area contributed by atoms with E-state index in [-0.39, 0.29) is 24.4 Å². The molecule has 0 radical (unpaired) electrons. The molecule has 84 valence electrons. The van der Waals surface area contributed by atoms with Gasteiger partial charge in [0.25, 0.3) is 5.91 Å². The molecule has 0 aliphatic heterocycles. The van der Waals surface area contributed by atoms with Crippen LogP contribution in [0.1, 0.15) is 28.9 Å². The number of rotatable bonds is 2. The van der Waals surface area contributed by atoms with Crippen LogP contribution in [0.15, 0.2) is 24.3 Å². The molecule has 0 bridgehead atoms. The van der Waals surface area contributed by atoms with E-state index in [0.717, 1.165) is 5.56 Å². The minimum atomic E-state index is 0. The van der Waals surface area contributed by atoms with Crippen LogP contribution < -0.4 is 5.73 Å². The summed E-state index contributed by atoms with van der Waals surface area (Å²) in [4.78, 5) is 13.1. The van der Waals surface area contributed by atoms with Crippen molar-refractivity contribution in [2.24, 2.45) is 5.73 Å². The van der Waals surface area contributed by atoms with Crippen LogP contribution in [0.2, 0.25) is 0 Å². The van der Waals surface area contributed by atoms with E-state index in [1.807, 2.05) is 19.1 Å². The Hall–Kier alpha value is -1.06. The summed E-state index contributed by atoms with van der Waals surface area (Å²) in [6.07, 6.45) is 0. The smallest absolute Gasteiger partial charge is 0.253 e. The van der Waals surface area contributed by atoms with E-state index >= 15 is 0 Å². The third kappa shape index (κ3) is 3.53. The van der Waals surface area contributed by atoms with Crippen LogP contribution >= 0.6 is 12.4 Å². The minimum Gasteiger partial charge on any atom is -0.345 e. The van der Waals surface area contributed by atoms with Gasteiger partial charge >= 0.3 is 0 Å². The molecule has 0 aliphatic rings. The summed E-state index contributed by atoms with van der Waals surface area (Å²) in [6, 6.07) is 7.41. The van der Waals surface area contributed by atoms with E-state index in [4.69, 9.17) is 5.73 Å². The number of nitrogens with zero attached hydrogens (tertiary/aromatic N) is 1. The highest BCUT2D eigenvalue weighted by Crippen LogP contribution is 2.11. The molecule has 4 heteroatoms. The second kappa shape index (κ2) is 5.73. The first-order valence-electron chi connectivity index (χ1n) is 4.59. The molecular weight excluding hydrogens is 212 g/mol. The molecule has 2 N–H and O–H groups in total. The molecule has 0 saturated carbocycles. The summed E-state index contributed by atoms with van der Waals surface area (Å²) >= 11 is 0. The van der Waals surface area contributed by atoms with Crippen molar-refractivity contribution in [1.82, 2.24) is 4.90 Å². The number of hydrogen-bond acceptors (Lipinski definition) is 2. The predicted molar refractivity (Wildman–Crippen MR) is 64.3 cm³/mol. The molecule has 1 atom stereocenters. The first-order chi connectivity index (χ1) is 6.52. The molecular formula is C11H17ClN2O. The van der Waals surface area contributed by atoms with Gasteiger partial charge < -0.3 is 10.6 Å². The Morgan fingerprint density at radius 3 is 2.07 bits per heavy atom. The number of benzene rings is 1. The topological polar surface area (TPSA) is 46.3 Å². The van der Waals surface area contributed by atoms with Gasteiger partial charge in [0.05, 0.1) is 0 Å². The van der Waals surface area contributed by atoms with Gasteiger partial charge in [-0.1, -0.05) is 12.1 Å². The summed E-state index contributed by atoms with van der Waals surface area (Å²) in [6.45, 7) is 1.92. The lowest BCUT2D eigenvalue weighted by atomic mass is 10.1. The van der Waals surface area contributed by atoms with Crippen LogP contribution in [0.4, 0.5) is 0 Å². The van der Waals surface area contributed by atoms with Gasteiger partial charge in [-0.05, 0) is 24.6 Å². The van der Waals surface area contributed by atoms with Crippen LogP contribution in [0.25, 0.3) is 0 Å². The molecule has 3 nitrogen and oxygen atoms in total. The zero-order valence-corrected chi connectivity index (χ0v) is 10.0. The lowest BCUT2D eigenvalue weighted by Gasteiger charge is -2.11. The lowest BCUT2D eigenvalue weighted by Crippen LogP contribution is -2.21. The molecule has 1 amide bonds. The Morgan fingerprint density at radius 2 is 1.73 bits per heavy atom. The zero-order chi connectivity index (χ0) is 10.7. The van der Waals surface area contributed by atoms with Gasteiger partial charge in [0, 0.05) is 25.7 Å². The Bertz CT molecular complexity index is 320. The van der Waals surface area contributed by atoms with Crippen molar-refractivity contribution in [2.45, 2.75) is 13.0 Å². The maximum Gasteiger partial charge on any atom is 0.253 e. The van der Waals surface area contributed by atoms with Crippen LogP contribution in [0, 0.1) is 0 Å². The van der Waals surface area contributed by atoms with Gasteiger partial charge in [0.2, 0.25) is 0 Å². The first kappa shape index (κ1) is 13.9. The highest BCUT2D eigenvalue weighted by molar-refractivity contribution is 5.93. The normalized spacial score (nSPS) is 11.5. The summed E-state index contributed by atoms with van der Waals surface area (Å²) in [5.74, 6) is 0.0150. The second-order valence-corrected chi connectivity index (χ2v) is 3.61. The summed E-state index contributed by atoms with van der Waals surface area (Å²) < 4.78 is 0. The highest BCUT2D eigenvalue weighted by atomic mass is 35.5. The first-order valence-corrected chi connectivity index (χ1v) is 4.59. The summed E-state index contributed by atoms with van der Waals surface area (Å²) in [7, 11) is 3.48. The van der Waals surface area contributed by atoms with Crippen LogP contribution in [-0.2, 0) is 0 Å². The molecule has 0 aromatic heterocycles. The standard InChI is InChI=1S/C11H16N2O.ClH/c1-8(12)9-4-6-10(7-5-9)11(14)13(2)3;/h4-8H,12H2,1-3H3;1H. The number of hydrogen-bond donors (Lipinski definition) is 1. The fraction of sp³-hybridized carbons (Fsp3) is 0.364. The number of halogens is 1. The van der Waals surface area contributed by atoms with Gasteiger partial charge in [-0.2, -0.15) is 0 Å². The van der Waals surface area contributed by atoms with Gasteiger partial charge in [0.1, 0.15) is 0 Å². The molecule has 15 heavy (non-hydrogen) atoms. The fourth-order valence-corrected chi connectivity index (χ4v) is 1.19.